The highest BCUT2D eigenvalue weighted by molar-refractivity contribution is 7.89. The van der Waals surface area contributed by atoms with E-state index >= 15 is 0 Å². The number of sulfonamides is 1. The molecule has 2 aromatic rings. The van der Waals surface area contributed by atoms with Crippen molar-refractivity contribution in [1.82, 2.24) is 14.5 Å². The van der Waals surface area contributed by atoms with Crippen molar-refractivity contribution in [2.75, 3.05) is 26.2 Å². The largest absolute Gasteiger partial charge is 0.349 e. The molecule has 2 aliphatic rings. The summed E-state index contributed by atoms with van der Waals surface area (Å²) in [6.45, 7) is 5.89. The summed E-state index contributed by atoms with van der Waals surface area (Å²) in [5.41, 5.74) is 2.83. The number of nitrogens with zero attached hydrogens (tertiary/aromatic N) is 2. The lowest BCUT2D eigenvalue weighted by Gasteiger charge is -2.32. The minimum atomic E-state index is -3.66. The van der Waals surface area contributed by atoms with Gasteiger partial charge in [0, 0.05) is 38.8 Å². The zero-order chi connectivity index (χ0) is 22.6. The Labute approximate surface area is 191 Å². The molecule has 1 N–H and O–H groups in total. The van der Waals surface area contributed by atoms with E-state index in [0.717, 1.165) is 51.7 Å². The Morgan fingerprint density at radius 2 is 1.69 bits per heavy atom. The van der Waals surface area contributed by atoms with E-state index in [0.29, 0.717) is 13.1 Å². The Bertz CT molecular complexity index is 1040. The lowest BCUT2D eigenvalue weighted by atomic mass is 10.0. The molecular weight excluding hydrogens is 422 g/mol. The van der Waals surface area contributed by atoms with Crippen LogP contribution in [0.15, 0.2) is 53.4 Å². The third-order valence-corrected chi connectivity index (χ3v) is 8.43. The molecule has 1 amide bonds. The van der Waals surface area contributed by atoms with E-state index in [2.05, 4.69) is 41.4 Å². The minimum absolute atomic E-state index is 0.0574. The Kier molecular flexibility index (Phi) is 7.28. The molecule has 2 saturated heterocycles. The maximum Gasteiger partial charge on any atom is 0.252 e. The first-order chi connectivity index (χ1) is 15.4. The smallest absolute Gasteiger partial charge is 0.252 e. The van der Waals surface area contributed by atoms with Crippen molar-refractivity contribution in [3.8, 4) is 0 Å². The van der Waals surface area contributed by atoms with Crippen LogP contribution in [0.2, 0.25) is 0 Å². The first-order valence-corrected chi connectivity index (χ1v) is 13.1. The van der Waals surface area contributed by atoms with E-state index in [4.69, 9.17) is 0 Å². The fraction of sp³-hybridized carbons (Fsp3) is 0.480. The highest BCUT2D eigenvalue weighted by atomic mass is 32.2. The molecule has 6 nitrogen and oxygen atoms in total. The fourth-order valence-corrected chi connectivity index (χ4v) is 6.40. The standard InChI is InChI=1S/C25H33N3O3S/c1-20-8-7-9-21(18-20)19-27-16-12-22(13-17-27)26-25(29)23-10-3-4-11-24(23)32(30,31)28-14-5-2-6-15-28/h3-4,7-11,18,22H,2,5-6,12-17,19H2,1H3,(H,26,29). The van der Waals surface area contributed by atoms with Gasteiger partial charge in [-0.25, -0.2) is 8.42 Å². The number of nitrogens with one attached hydrogen (secondary N) is 1. The zero-order valence-electron chi connectivity index (χ0n) is 18.8. The van der Waals surface area contributed by atoms with Gasteiger partial charge in [0.05, 0.1) is 10.5 Å². The van der Waals surface area contributed by atoms with E-state index < -0.39 is 10.0 Å². The number of carbonyl (C=O) groups excluding carboxylic acids is 1. The van der Waals surface area contributed by atoms with Crippen LogP contribution in [0.5, 0.6) is 0 Å². The summed E-state index contributed by atoms with van der Waals surface area (Å²) < 4.78 is 27.9. The van der Waals surface area contributed by atoms with Gasteiger partial charge in [-0.15, -0.1) is 0 Å². The first kappa shape index (κ1) is 23.0. The summed E-state index contributed by atoms with van der Waals surface area (Å²) in [6.07, 6.45) is 4.51. The molecule has 7 heteroatoms. The summed E-state index contributed by atoms with van der Waals surface area (Å²) in [5.74, 6) is -0.293. The van der Waals surface area contributed by atoms with E-state index in [1.54, 1.807) is 24.3 Å². The van der Waals surface area contributed by atoms with Gasteiger partial charge in [0.2, 0.25) is 10.0 Å². The van der Waals surface area contributed by atoms with Crippen molar-refractivity contribution < 1.29 is 13.2 Å². The average molecular weight is 456 g/mol. The number of piperidine rings is 2. The second-order valence-electron chi connectivity index (χ2n) is 8.97. The molecule has 0 unspecified atom stereocenters. The summed E-state index contributed by atoms with van der Waals surface area (Å²) >= 11 is 0. The van der Waals surface area contributed by atoms with Gasteiger partial charge in [-0.3, -0.25) is 9.69 Å². The highest BCUT2D eigenvalue weighted by Gasteiger charge is 2.30. The molecule has 0 saturated carbocycles. The zero-order valence-corrected chi connectivity index (χ0v) is 19.6. The predicted octanol–water partition coefficient (Wildman–Crippen LogP) is 3.56. The summed E-state index contributed by atoms with van der Waals surface area (Å²) in [7, 11) is -3.66. The number of amides is 1. The number of likely N-dealkylation sites (tertiary alicyclic amines) is 1. The van der Waals surface area contributed by atoms with Crippen LogP contribution >= 0.6 is 0 Å². The summed E-state index contributed by atoms with van der Waals surface area (Å²) in [5, 5.41) is 3.10. The number of carbonyl (C=O) groups is 1. The Balaban J connectivity index is 1.38. The van der Waals surface area contributed by atoms with Gasteiger partial charge in [0.15, 0.2) is 0 Å². The quantitative estimate of drug-likeness (QED) is 0.723. The van der Waals surface area contributed by atoms with Gasteiger partial charge in [-0.1, -0.05) is 48.4 Å². The maximum absolute atomic E-state index is 13.2. The normalized spacial score (nSPS) is 19.0. The van der Waals surface area contributed by atoms with Gasteiger partial charge in [0.1, 0.15) is 0 Å². The third-order valence-electron chi connectivity index (χ3n) is 6.48. The van der Waals surface area contributed by atoms with Crippen LogP contribution in [0.25, 0.3) is 0 Å². The van der Waals surface area contributed by atoms with Crippen molar-refractivity contribution >= 4 is 15.9 Å². The minimum Gasteiger partial charge on any atom is -0.349 e. The van der Waals surface area contributed by atoms with Crippen LogP contribution < -0.4 is 5.32 Å². The number of rotatable bonds is 6. The van der Waals surface area contributed by atoms with Gasteiger partial charge >= 0.3 is 0 Å². The number of aryl methyl sites for hydroxylation is 1. The van der Waals surface area contributed by atoms with Crippen LogP contribution in [0.1, 0.15) is 53.6 Å². The maximum atomic E-state index is 13.2. The summed E-state index contributed by atoms with van der Waals surface area (Å²) in [6, 6.07) is 15.2. The Hall–Kier alpha value is -2.22. The molecule has 0 aromatic heterocycles. The molecule has 2 aliphatic heterocycles. The predicted molar refractivity (Wildman–Crippen MR) is 126 cm³/mol. The molecule has 2 heterocycles. The van der Waals surface area contributed by atoms with Crippen molar-refractivity contribution in [2.24, 2.45) is 0 Å². The van der Waals surface area contributed by atoms with Crippen molar-refractivity contribution in [2.45, 2.75) is 56.5 Å². The Morgan fingerprint density at radius 1 is 0.969 bits per heavy atom. The van der Waals surface area contributed by atoms with Gasteiger partial charge in [0.25, 0.3) is 5.91 Å². The lowest BCUT2D eigenvalue weighted by molar-refractivity contribution is 0.0905. The van der Waals surface area contributed by atoms with Crippen LogP contribution in [-0.4, -0.2) is 55.8 Å². The SMILES string of the molecule is Cc1cccc(CN2CCC(NC(=O)c3ccccc3S(=O)(=O)N3CCCCC3)CC2)c1. The molecule has 172 valence electrons. The molecule has 2 fully saturated rings. The van der Waals surface area contributed by atoms with Gasteiger partial charge < -0.3 is 5.32 Å². The van der Waals surface area contributed by atoms with Crippen molar-refractivity contribution in [3.05, 3.63) is 65.2 Å². The molecular formula is C25H33N3O3S. The summed E-state index contributed by atoms with van der Waals surface area (Å²) in [4.78, 5) is 15.6. The van der Waals surface area contributed by atoms with Crippen molar-refractivity contribution in [1.29, 1.82) is 0 Å². The third kappa shape index (κ3) is 5.39. The molecule has 32 heavy (non-hydrogen) atoms. The highest BCUT2D eigenvalue weighted by Crippen LogP contribution is 2.24. The van der Waals surface area contributed by atoms with Crippen LogP contribution in [0.3, 0.4) is 0 Å². The molecule has 0 atom stereocenters. The second-order valence-corrected chi connectivity index (χ2v) is 10.9. The van der Waals surface area contributed by atoms with E-state index in [1.807, 2.05) is 0 Å². The second kappa shape index (κ2) is 10.1. The van der Waals surface area contributed by atoms with E-state index in [1.165, 1.54) is 15.4 Å². The number of hydrogen-bond donors (Lipinski definition) is 1. The van der Waals surface area contributed by atoms with Crippen molar-refractivity contribution in [3.63, 3.8) is 0 Å². The molecule has 2 aromatic carbocycles. The van der Waals surface area contributed by atoms with Crippen LogP contribution in [0, 0.1) is 6.92 Å². The molecule has 0 bridgehead atoms. The monoisotopic (exact) mass is 455 g/mol. The topological polar surface area (TPSA) is 69.7 Å². The van der Waals surface area contributed by atoms with Gasteiger partial charge in [-0.2, -0.15) is 4.31 Å². The van der Waals surface area contributed by atoms with Crippen LogP contribution in [0.4, 0.5) is 0 Å². The Morgan fingerprint density at radius 3 is 2.41 bits per heavy atom. The molecule has 0 radical (unpaired) electrons. The molecule has 0 spiro atoms. The first-order valence-electron chi connectivity index (χ1n) is 11.6. The molecule has 0 aliphatic carbocycles. The average Bonchev–Trinajstić information content (AvgIpc) is 2.81. The van der Waals surface area contributed by atoms with Gasteiger partial charge in [-0.05, 0) is 50.3 Å². The fourth-order valence-electron chi connectivity index (χ4n) is 4.69. The molecule has 4 rings (SSSR count). The van der Waals surface area contributed by atoms with E-state index in [9.17, 15) is 13.2 Å². The number of benzene rings is 2. The number of hydrogen-bond acceptors (Lipinski definition) is 4. The van der Waals surface area contributed by atoms with E-state index in [-0.39, 0.29) is 22.4 Å². The lowest BCUT2D eigenvalue weighted by Crippen LogP contribution is -2.45. The van der Waals surface area contributed by atoms with Crippen LogP contribution in [-0.2, 0) is 16.6 Å².